The van der Waals surface area contributed by atoms with Crippen LogP contribution in [0.4, 0.5) is 4.79 Å². The van der Waals surface area contributed by atoms with Crippen LogP contribution in [0.5, 0.6) is 0 Å². The molecule has 5 nitrogen and oxygen atoms in total. The number of nitrogens with zero attached hydrogens (tertiary/aromatic N) is 2. The largest absolute Gasteiger partial charge is 0.336 e. The van der Waals surface area contributed by atoms with E-state index >= 15 is 0 Å². The Kier molecular flexibility index (Phi) is 2.68. The Morgan fingerprint density at radius 3 is 3.00 bits per heavy atom. The zero-order valence-corrected chi connectivity index (χ0v) is 9.32. The summed E-state index contributed by atoms with van der Waals surface area (Å²) in [5.74, 6) is -0.298. The topological polar surface area (TPSA) is 62.3 Å². The van der Waals surface area contributed by atoms with Gasteiger partial charge in [0, 0.05) is 24.8 Å². The van der Waals surface area contributed by atoms with Gasteiger partial charge in [-0.2, -0.15) is 0 Å². The second kappa shape index (κ2) is 3.98. The van der Waals surface area contributed by atoms with Crippen LogP contribution in [0.3, 0.4) is 0 Å². The van der Waals surface area contributed by atoms with Crippen LogP contribution in [0, 0.1) is 0 Å². The van der Waals surface area contributed by atoms with E-state index in [1.54, 1.807) is 12.1 Å². The number of hydrogen-bond donors (Lipinski definition) is 1. The van der Waals surface area contributed by atoms with Crippen LogP contribution >= 0.6 is 15.9 Å². The number of urea groups is 1. The molecule has 1 aliphatic rings. The molecule has 2 rings (SSSR count). The van der Waals surface area contributed by atoms with Gasteiger partial charge in [0.25, 0.3) is 5.91 Å². The van der Waals surface area contributed by atoms with Crippen molar-refractivity contribution in [3.63, 3.8) is 0 Å². The molecule has 0 spiro atoms. The number of hydrogen-bond acceptors (Lipinski definition) is 3. The number of imide groups is 1. The summed E-state index contributed by atoms with van der Waals surface area (Å²) in [6.07, 6.45) is 1.52. The molecule has 6 heteroatoms. The van der Waals surface area contributed by atoms with Crippen molar-refractivity contribution >= 4 is 27.9 Å². The Balaban J connectivity index is 2.24. The molecular weight excluding hydrogens is 262 g/mol. The summed E-state index contributed by atoms with van der Waals surface area (Å²) in [5, 5.41) is 2.57. The maximum absolute atomic E-state index is 11.8. The summed E-state index contributed by atoms with van der Waals surface area (Å²) in [5.41, 5.74) is 0.453. The van der Waals surface area contributed by atoms with Crippen LogP contribution < -0.4 is 5.32 Å². The summed E-state index contributed by atoms with van der Waals surface area (Å²) < 4.78 is 0.577. The first kappa shape index (κ1) is 10.1. The zero-order valence-electron chi connectivity index (χ0n) is 7.74. The first-order chi connectivity index (χ1) is 7.18. The standard InChI is InChI=1S/C9H8BrN3O2/c10-7-5-6(1-2-11-7)8(14)13-4-3-12-9(13)15/h1-2,5H,3-4H2,(H,12,15). The normalized spacial score (nSPS) is 15.3. The molecule has 0 atom stereocenters. The maximum Gasteiger partial charge on any atom is 0.324 e. The molecule has 0 radical (unpaired) electrons. The lowest BCUT2D eigenvalue weighted by atomic mass is 10.2. The van der Waals surface area contributed by atoms with E-state index in [4.69, 9.17) is 0 Å². The predicted molar refractivity (Wildman–Crippen MR) is 56.4 cm³/mol. The first-order valence-corrected chi connectivity index (χ1v) is 5.19. The average Bonchev–Trinajstić information content (AvgIpc) is 2.63. The quantitative estimate of drug-likeness (QED) is 0.774. The van der Waals surface area contributed by atoms with Gasteiger partial charge in [-0.1, -0.05) is 0 Å². The van der Waals surface area contributed by atoms with Gasteiger partial charge in [0.15, 0.2) is 0 Å². The molecule has 3 amide bonds. The molecule has 0 bridgehead atoms. The van der Waals surface area contributed by atoms with Gasteiger partial charge in [-0.05, 0) is 28.1 Å². The third-order valence-electron chi connectivity index (χ3n) is 2.08. The van der Waals surface area contributed by atoms with Gasteiger partial charge in [-0.3, -0.25) is 9.69 Å². The Hall–Kier alpha value is -1.43. The lowest BCUT2D eigenvalue weighted by Gasteiger charge is -2.11. The smallest absolute Gasteiger partial charge is 0.324 e. The van der Waals surface area contributed by atoms with E-state index in [1.165, 1.54) is 11.1 Å². The minimum atomic E-state index is -0.340. The summed E-state index contributed by atoms with van der Waals surface area (Å²) in [6, 6.07) is 2.83. The van der Waals surface area contributed by atoms with Crippen molar-refractivity contribution in [2.24, 2.45) is 0 Å². The van der Waals surface area contributed by atoms with E-state index in [0.29, 0.717) is 23.3 Å². The number of carbonyl (C=O) groups excluding carboxylic acids is 2. The molecule has 1 saturated heterocycles. The Bertz CT molecular complexity index is 422. The van der Waals surface area contributed by atoms with E-state index in [9.17, 15) is 9.59 Å². The van der Waals surface area contributed by atoms with Gasteiger partial charge in [0.05, 0.1) is 0 Å². The zero-order chi connectivity index (χ0) is 10.8. The summed E-state index contributed by atoms with van der Waals surface area (Å²) in [6.45, 7) is 0.925. The van der Waals surface area contributed by atoms with Crippen molar-refractivity contribution < 1.29 is 9.59 Å². The molecule has 2 heterocycles. The van der Waals surface area contributed by atoms with Crippen LogP contribution in [0.25, 0.3) is 0 Å². The molecule has 0 aromatic carbocycles. The Labute approximate surface area is 94.6 Å². The van der Waals surface area contributed by atoms with E-state index in [2.05, 4.69) is 26.2 Å². The number of pyridine rings is 1. The molecule has 1 aliphatic heterocycles. The van der Waals surface area contributed by atoms with E-state index < -0.39 is 0 Å². The van der Waals surface area contributed by atoms with Crippen molar-refractivity contribution in [2.45, 2.75) is 0 Å². The highest BCUT2D eigenvalue weighted by molar-refractivity contribution is 9.10. The fourth-order valence-electron chi connectivity index (χ4n) is 1.36. The molecule has 1 aromatic heterocycles. The van der Waals surface area contributed by atoms with Crippen molar-refractivity contribution in [1.29, 1.82) is 0 Å². The molecular formula is C9H8BrN3O2. The second-order valence-corrected chi connectivity index (χ2v) is 3.87. The third-order valence-corrected chi connectivity index (χ3v) is 2.51. The van der Waals surface area contributed by atoms with Crippen LogP contribution in [0.2, 0.25) is 0 Å². The molecule has 0 saturated carbocycles. The summed E-state index contributed by atoms with van der Waals surface area (Å²) in [7, 11) is 0. The SMILES string of the molecule is O=C1NCCN1C(=O)c1ccnc(Br)c1. The molecule has 0 unspecified atom stereocenters. The predicted octanol–water partition coefficient (Wildman–Crippen LogP) is 1.01. The summed E-state index contributed by atoms with van der Waals surface area (Å²) in [4.78, 5) is 28.2. The second-order valence-electron chi connectivity index (χ2n) is 3.06. The number of nitrogens with one attached hydrogen (secondary N) is 1. The molecule has 1 N–H and O–H groups in total. The number of amides is 3. The van der Waals surface area contributed by atoms with Gasteiger partial charge < -0.3 is 5.32 Å². The lowest BCUT2D eigenvalue weighted by molar-refractivity contribution is 0.0829. The Morgan fingerprint density at radius 1 is 1.60 bits per heavy atom. The Morgan fingerprint density at radius 2 is 2.40 bits per heavy atom. The maximum atomic E-state index is 11.8. The average molecular weight is 270 g/mol. The molecule has 0 aliphatic carbocycles. The van der Waals surface area contributed by atoms with Crippen LogP contribution in [0.1, 0.15) is 10.4 Å². The van der Waals surface area contributed by atoms with E-state index in [1.807, 2.05) is 0 Å². The van der Waals surface area contributed by atoms with Crippen LogP contribution in [0.15, 0.2) is 22.9 Å². The van der Waals surface area contributed by atoms with E-state index in [-0.39, 0.29) is 11.9 Å². The van der Waals surface area contributed by atoms with Crippen molar-refractivity contribution in [2.75, 3.05) is 13.1 Å². The van der Waals surface area contributed by atoms with Crippen LogP contribution in [-0.2, 0) is 0 Å². The number of aromatic nitrogens is 1. The first-order valence-electron chi connectivity index (χ1n) is 4.40. The number of carbonyl (C=O) groups is 2. The highest BCUT2D eigenvalue weighted by Gasteiger charge is 2.26. The minimum absolute atomic E-state index is 0.298. The molecule has 1 fully saturated rings. The van der Waals surface area contributed by atoms with Gasteiger partial charge in [0.1, 0.15) is 4.60 Å². The van der Waals surface area contributed by atoms with Crippen LogP contribution in [-0.4, -0.2) is 34.9 Å². The van der Waals surface area contributed by atoms with Crippen molar-refractivity contribution in [1.82, 2.24) is 15.2 Å². The monoisotopic (exact) mass is 269 g/mol. The fraction of sp³-hybridized carbons (Fsp3) is 0.222. The van der Waals surface area contributed by atoms with Gasteiger partial charge in [0.2, 0.25) is 0 Å². The summed E-state index contributed by atoms with van der Waals surface area (Å²) >= 11 is 3.17. The van der Waals surface area contributed by atoms with Crippen molar-refractivity contribution in [3.8, 4) is 0 Å². The number of rotatable bonds is 1. The minimum Gasteiger partial charge on any atom is -0.336 e. The van der Waals surface area contributed by atoms with Gasteiger partial charge >= 0.3 is 6.03 Å². The third kappa shape index (κ3) is 1.99. The molecule has 1 aromatic rings. The highest BCUT2D eigenvalue weighted by atomic mass is 79.9. The fourth-order valence-corrected chi connectivity index (χ4v) is 1.72. The highest BCUT2D eigenvalue weighted by Crippen LogP contribution is 2.11. The molecule has 15 heavy (non-hydrogen) atoms. The molecule has 78 valence electrons. The van der Waals surface area contributed by atoms with E-state index in [0.717, 1.165) is 0 Å². The number of halogens is 1. The van der Waals surface area contributed by atoms with Gasteiger partial charge in [-0.15, -0.1) is 0 Å². The lowest BCUT2D eigenvalue weighted by Crippen LogP contribution is -2.34. The van der Waals surface area contributed by atoms with Crippen molar-refractivity contribution in [3.05, 3.63) is 28.5 Å². The van der Waals surface area contributed by atoms with Gasteiger partial charge in [-0.25, -0.2) is 9.78 Å².